The number of halogens is 37. The topological polar surface area (TPSA) is 0 Å². The van der Waals surface area contributed by atoms with E-state index in [0.29, 0.717) is 0 Å². The highest BCUT2D eigenvalue weighted by atomic mass is 19.4. The van der Waals surface area contributed by atoms with Gasteiger partial charge in [0.2, 0.25) is 0 Å². The van der Waals surface area contributed by atoms with E-state index in [0.717, 1.165) is 0 Å². The van der Waals surface area contributed by atoms with Gasteiger partial charge in [0.05, 0.1) is 0 Å². The van der Waals surface area contributed by atoms with Crippen LogP contribution < -0.4 is 0 Å². The molecule has 0 aliphatic carbocycles. The van der Waals surface area contributed by atoms with Crippen LogP contribution in [0.1, 0.15) is 0 Å². The first kappa shape index (κ1) is 52.4. The Kier molecular flexibility index (Phi) is 11.9. The molecular weight excluding hydrogens is 919 g/mol. The van der Waals surface area contributed by atoms with E-state index in [9.17, 15) is 162 Å². The second-order valence-electron chi connectivity index (χ2n) is 9.96. The van der Waals surface area contributed by atoms with E-state index in [4.69, 9.17) is 0 Å². The van der Waals surface area contributed by atoms with Gasteiger partial charge in [0.15, 0.2) is 0 Å². The molecule has 0 saturated heterocycles. The quantitative estimate of drug-likeness (QED) is 0.144. The molecule has 0 nitrogen and oxygen atoms in total. The molecule has 0 rings (SSSR count). The van der Waals surface area contributed by atoms with E-state index < -0.39 is 107 Å². The molecule has 0 spiro atoms. The average molecular weight is 919 g/mol. The second kappa shape index (κ2) is 12.5. The zero-order valence-corrected chi connectivity index (χ0v) is 23.0. The van der Waals surface area contributed by atoms with Crippen molar-refractivity contribution < 1.29 is 162 Å². The van der Waals surface area contributed by atoms with Crippen molar-refractivity contribution in [2.45, 2.75) is 101 Å². The van der Waals surface area contributed by atoms with Crippen molar-refractivity contribution in [2.75, 3.05) is 0 Å². The normalized spacial score (nSPS) is 17.3. The number of hydrogen-bond acceptors (Lipinski definition) is 0. The Bertz CT molecular complexity index is 1370. The monoisotopic (exact) mass is 919 g/mol. The molecular formula is C18F37. The minimum atomic E-state index is -10.4. The Labute approximate surface area is 271 Å². The predicted molar refractivity (Wildman–Crippen MR) is 90.7 cm³/mol. The van der Waals surface area contributed by atoms with Crippen molar-refractivity contribution in [1.82, 2.24) is 0 Å². The lowest BCUT2D eigenvalue weighted by Gasteiger charge is -2.47. The molecule has 0 bridgehead atoms. The van der Waals surface area contributed by atoms with E-state index in [2.05, 4.69) is 0 Å². The van der Waals surface area contributed by atoms with Crippen molar-refractivity contribution in [1.29, 1.82) is 0 Å². The van der Waals surface area contributed by atoms with Gasteiger partial charge in [0.25, 0.3) is 0 Å². The highest BCUT2D eigenvalue weighted by Gasteiger charge is 3.03. The van der Waals surface area contributed by atoms with E-state index >= 15 is 0 Å². The fourth-order valence-corrected chi connectivity index (χ4v) is 3.22. The molecule has 0 heterocycles. The summed E-state index contributed by atoms with van der Waals surface area (Å²) in [5.41, 5.74) is -9.50. The lowest BCUT2D eigenvalue weighted by Crippen LogP contribution is -2.80. The van der Waals surface area contributed by atoms with Gasteiger partial charge >= 0.3 is 107 Å². The first-order valence-corrected chi connectivity index (χ1v) is 11.2. The van der Waals surface area contributed by atoms with E-state index in [1.54, 1.807) is 0 Å². The molecule has 0 amide bonds. The number of rotatable bonds is 15. The molecule has 0 aliphatic heterocycles. The standard InChI is InChI=1S/C18F37/c19-1(20)2(21,22)4(24,25)6(28,29)8(32,33)10(36,37)12(40,41)14(44,45)16(48,49)15(46,47)13(42,43)11(38,39)9(34,35)7(30,31)5(26,27)3(23,17(50,51)52)18(53,54)55. The molecule has 1 radical (unpaired) electrons. The van der Waals surface area contributed by atoms with Crippen LogP contribution in [0.3, 0.4) is 0 Å². The second-order valence-corrected chi connectivity index (χ2v) is 9.96. The van der Waals surface area contributed by atoms with Crippen molar-refractivity contribution in [3.63, 3.8) is 0 Å². The predicted octanol–water partition coefficient (Wildman–Crippen LogP) is 12.1. The average Bonchev–Trinajstić information content (AvgIpc) is 2.93. The van der Waals surface area contributed by atoms with Crippen LogP contribution in [0, 0.1) is 6.43 Å². The number of hydrogen-bond donors (Lipinski definition) is 0. The van der Waals surface area contributed by atoms with Gasteiger partial charge in [-0.1, -0.05) is 0 Å². The first-order chi connectivity index (χ1) is 22.9. The van der Waals surface area contributed by atoms with Gasteiger partial charge in [-0.2, -0.15) is 158 Å². The van der Waals surface area contributed by atoms with Gasteiger partial charge in [-0.15, -0.1) is 0 Å². The maximum Gasteiger partial charge on any atom is 0.438 e. The van der Waals surface area contributed by atoms with Crippen LogP contribution in [-0.2, 0) is 0 Å². The summed E-state index contributed by atoms with van der Waals surface area (Å²) in [5, 5.41) is 0. The van der Waals surface area contributed by atoms with E-state index in [-0.39, 0.29) is 0 Å². The van der Waals surface area contributed by atoms with E-state index in [1.165, 1.54) is 0 Å². The molecule has 331 valence electrons. The SMILES string of the molecule is F[C](F)C(F)(F)C(F)(F)C(F)(F)C(F)(F)C(F)(F)C(F)(F)C(F)(F)C(F)(F)C(F)(F)C(F)(F)C(F)(F)C(F)(F)C(F)(F)C(F)(F)C(F)(C(F)(F)F)C(F)(F)F. The summed E-state index contributed by atoms with van der Waals surface area (Å²) in [5.74, 6) is -140. The van der Waals surface area contributed by atoms with Gasteiger partial charge < -0.3 is 0 Å². The van der Waals surface area contributed by atoms with Crippen molar-refractivity contribution in [3.8, 4) is 0 Å². The van der Waals surface area contributed by atoms with Gasteiger partial charge in [0, 0.05) is 0 Å². The van der Waals surface area contributed by atoms with Crippen LogP contribution in [0.25, 0.3) is 0 Å². The minimum Gasteiger partial charge on any atom is -0.216 e. The van der Waals surface area contributed by atoms with Gasteiger partial charge in [-0.3, -0.25) is 0 Å². The zero-order valence-electron chi connectivity index (χ0n) is 23.0. The van der Waals surface area contributed by atoms with Crippen LogP contribution in [0.4, 0.5) is 162 Å². The molecule has 0 aromatic carbocycles. The van der Waals surface area contributed by atoms with Crippen molar-refractivity contribution in [2.24, 2.45) is 0 Å². The van der Waals surface area contributed by atoms with Crippen molar-refractivity contribution in [3.05, 3.63) is 6.43 Å². The smallest absolute Gasteiger partial charge is 0.216 e. The molecule has 0 aromatic rings. The molecule has 0 unspecified atom stereocenters. The summed E-state index contributed by atoms with van der Waals surface area (Å²) in [6.45, 7) is 0. The molecule has 37 heteroatoms. The molecule has 0 aliphatic rings. The molecule has 55 heavy (non-hydrogen) atoms. The molecule has 0 fully saturated rings. The van der Waals surface area contributed by atoms with Crippen LogP contribution >= 0.6 is 0 Å². The Morgan fingerprint density at radius 2 is 0.309 bits per heavy atom. The third kappa shape index (κ3) is 5.78. The zero-order chi connectivity index (χ0) is 46.1. The summed E-state index contributed by atoms with van der Waals surface area (Å²) < 4.78 is 492. The Balaban J connectivity index is 7.90. The summed E-state index contributed by atoms with van der Waals surface area (Å²) >= 11 is 0. The van der Waals surface area contributed by atoms with Crippen LogP contribution in [0.2, 0.25) is 0 Å². The van der Waals surface area contributed by atoms with E-state index in [1.807, 2.05) is 0 Å². The summed E-state index contributed by atoms with van der Waals surface area (Å²) in [6.07, 6.45) is -23.5. The first-order valence-electron chi connectivity index (χ1n) is 11.2. The van der Waals surface area contributed by atoms with Crippen LogP contribution in [-0.4, -0.2) is 101 Å². The molecule has 0 atom stereocenters. The summed E-state index contributed by atoms with van der Waals surface area (Å²) in [4.78, 5) is 0. The fraction of sp³-hybridized carbons (Fsp3) is 0.944. The van der Waals surface area contributed by atoms with Gasteiger partial charge in [-0.25, -0.2) is 4.39 Å². The highest BCUT2D eigenvalue weighted by Crippen LogP contribution is 2.70. The Hall–Kier alpha value is -2.59. The van der Waals surface area contributed by atoms with Gasteiger partial charge in [0.1, 0.15) is 0 Å². The molecule has 0 N–H and O–H groups in total. The maximum absolute atomic E-state index is 13.8. The number of alkyl halides is 35. The fourth-order valence-electron chi connectivity index (χ4n) is 3.22. The largest absolute Gasteiger partial charge is 0.438 e. The third-order valence-corrected chi connectivity index (χ3v) is 6.58. The van der Waals surface area contributed by atoms with Crippen molar-refractivity contribution >= 4 is 0 Å². The van der Waals surface area contributed by atoms with Crippen LogP contribution in [0.5, 0.6) is 0 Å². The van der Waals surface area contributed by atoms with Crippen LogP contribution in [0.15, 0.2) is 0 Å². The summed E-state index contributed by atoms with van der Waals surface area (Å²) in [6, 6.07) is 0. The third-order valence-electron chi connectivity index (χ3n) is 6.58. The Morgan fingerprint density at radius 1 is 0.182 bits per heavy atom. The highest BCUT2D eigenvalue weighted by molar-refractivity contribution is 5.23. The lowest BCUT2D eigenvalue weighted by molar-refractivity contribution is -0.493. The molecule has 0 saturated carbocycles. The minimum absolute atomic E-state index is 5.63. The Morgan fingerprint density at radius 3 is 0.436 bits per heavy atom. The van der Waals surface area contributed by atoms with Gasteiger partial charge in [-0.05, 0) is 0 Å². The lowest BCUT2D eigenvalue weighted by atomic mass is 9.81. The summed E-state index contributed by atoms with van der Waals surface area (Å²) in [7, 11) is 0. The molecule has 0 aromatic heterocycles. The maximum atomic E-state index is 13.8.